The lowest BCUT2D eigenvalue weighted by Crippen LogP contribution is -2.12. The zero-order chi connectivity index (χ0) is 11.7. The van der Waals surface area contributed by atoms with E-state index in [2.05, 4.69) is 4.74 Å². The van der Waals surface area contributed by atoms with Gasteiger partial charge in [-0.05, 0) is 0 Å². The van der Waals surface area contributed by atoms with Gasteiger partial charge in [-0.15, -0.1) is 0 Å². The van der Waals surface area contributed by atoms with Crippen LogP contribution in [0.2, 0.25) is 0 Å². The van der Waals surface area contributed by atoms with Crippen LogP contribution in [0, 0.1) is 0 Å². The van der Waals surface area contributed by atoms with Gasteiger partial charge in [0.15, 0.2) is 5.57 Å². The second-order valence-corrected chi connectivity index (χ2v) is 3.27. The van der Waals surface area contributed by atoms with Gasteiger partial charge < -0.3 is 9.47 Å². The van der Waals surface area contributed by atoms with E-state index in [1.54, 1.807) is 24.3 Å². The Kier molecular flexibility index (Phi) is 2.48. The minimum Gasteiger partial charge on any atom is -0.495 e. The number of rotatable bonds is 2. The van der Waals surface area contributed by atoms with Gasteiger partial charge in [-0.1, -0.05) is 24.3 Å². The Morgan fingerprint density at radius 1 is 1.12 bits per heavy atom. The van der Waals surface area contributed by atoms with Crippen molar-refractivity contribution in [3.63, 3.8) is 0 Å². The lowest BCUT2D eigenvalue weighted by atomic mass is 10.1. The quantitative estimate of drug-likeness (QED) is 0.556. The number of esters is 1. The largest absolute Gasteiger partial charge is 0.495 e. The standard InChI is InChI=1S/C12H10O4/c1-15-11-8-6-4-3-5-7(8)10(13)9(11)12(14)16-2/h3-6H,1-2H3. The van der Waals surface area contributed by atoms with Crippen LogP contribution >= 0.6 is 0 Å². The molecule has 16 heavy (non-hydrogen) atoms. The third kappa shape index (κ3) is 1.31. The molecule has 1 aromatic carbocycles. The predicted molar refractivity (Wildman–Crippen MR) is 56.7 cm³/mol. The Balaban J connectivity index is 2.62. The molecule has 1 aliphatic carbocycles. The molecule has 0 fully saturated rings. The molecule has 0 heterocycles. The molecule has 2 rings (SSSR count). The number of carbonyl (C=O) groups is 2. The summed E-state index contributed by atoms with van der Waals surface area (Å²) in [5.74, 6) is -0.732. The highest BCUT2D eigenvalue weighted by Gasteiger charge is 2.35. The first-order valence-corrected chi connectivity index (χ1v) is 4.71. The molecule has 0 radical (unpaired) electrons. The van der Waals surface area contributed by atoms with Crippen molar-refractivity contribution in [2.24, 2.45) is 0 Å². The molecular formula is C12H10O4. The summed E-state index contributed by atoms with van der Waals surface area (Å²) in [6.45, 7) is 0. The molecule has 1 aliphatic rings. The van der Waals surface area contributed by atoms with Crippen LogP contribution in [0.25, 0.3) is 5.76 Å². The van der Waals surface area contributed by atoms with Crippen LogP contribution < -0.4 is 0 Å². The Bertz CT molecular complexity index is 499. The first-order valence-electron chi connectivity index (χ1n) is 4.71. The molecular weight excluding hydrogens is 208 g/mol. The number of methoxy groups -OCH3 is 2. The zero-order valence-electron chi connectivity index (χ0n) is 8.94. The number of ether oxygens (including phenoxy) is 2. The van der Waals surface area contributed by atoms with Crippen LogP contribution in [0.4, 0.5) is 0 Å². The van der Waals surface area contributed by atoms with Crippen molar-refractivity contribution < 1.29 is 19.1 Å². The third-order valence-electron chi connectivity index (χ3n) is 2.46. The van der Waals surface area contributed by atoms with E-state index >= 15 is 0 Å². The van der Waals surface area contributed by atoms with Gasteiger partial charge in [0.25, 0.3) is 0 Å². The second-order valence-electron chi connectivity index (χ2n) is 3.27. The summed E-state index contributed by atoms with van der Waals surface area (Å²) < 4.78 is 9.67. The topological polar surface area (TPSA) is 52.6 Å². The molecule has 0 unspecified atom stereocenters. The fourth-order valence-corrected chi connectivity index (χ4v) is 1.75. The predicted octanol–water partition coefficient (Wildman–Crippen LogP) is 1.41. The minimum absolute atomic E-state index is 0.0359. The monoisotopic (exact) mass is 218 g/mol. The molecule has 0 amide bonds. The van der Waals surface area contributed by atoms with Crippen molar-refractivity contribution in [1.29, 1.82) is 0 Å². The summed E-state index contributed by atoms with van der Waals surface area (Å²) >= 11 is 0. The number of hydrogen-bond donors (Lipinski definition) is 0. The van der Waals surface area contributed by atoms with Crippen LogP contribution in [-0.4, -0.2) is 26.0 Å². The summed E-state index contributed by atoms with van der Waals surface area (Å²) in [5, 5.41) is 0. The van der Waals surface area contributed by atoms with Crippen molar-refractivity contribution in [1.82, 2.24) is 0 Å². The van der Waals surface area contributed by atoms with Gasteiger partial charge in [-0.3, -0.25) is 4.79 Å². The van der Waals surface area contributed by atoms with Crippen molar-refractivity contribution in [2.45, 2.75) is 0 Å². The van der Waals surface area contributed by atoms with E-state index in [0.717, 1.165) is 0 Å². The van der Waals surface area contributed by atoms with Crippen molar-refractivity contribution in [3.05, 3.63) is 41.0 Å². The normalized spacial score (nSPS) is 13.8. The Hall–Kier alpha value is -2.10. The molecule has 0 aliphatic heterocycles. The van der Waals surface area contributed by atoms with E-state index in [1.165, 1.54) is 14.2 Å². The fraction of sp³-hybridized carbons (Fsp3) is 0.167. The number of Topliss-reactive ketones (excluding diaryl/α,β-unsaturated/α-hetero) is 1. The van der Waals surface area contributed by atoms with Gasteiger partial charge in [0.1, 0.15) is 5.76 Å². The van der Waals surface area contributed by atoms with E-state index in [9.17, 15) is 9.59 Å². The van der Waals surface area contributed by atoms with E-state index in [0.29, 0.717) is 11.1 Å². The number of benzene rings is 1. The van der Waals surface area contributed by atoms with Crippen molar-refractivity contribution in [3.8, 4) is 0 Å². The van der Waals surface area contributed by atoms with Crippen LogP contribution in [-0.2, 0) is 14.3 Å². The van der Waals surface area contributed by atoms with Crippen LogP contribution in [0.15, 0.2) is 29.8 Å². The molecule has 0 bridgehead atoms. The Morgan fingerprint density at radius 2 is 1.75 bits per heavy atom. The highest BCUT2D eigenvalue weighted by Crippen LogP contribution is 2.33. The summed E-state index contributed by atoms with van der Waals surface area (Å²) in [6, 6.07) is 6.92. The molecule has 4 heteroatoms. The molecule has 0 spiro atoms. The van der Waals surface area contributed by atoms with Crippen LogP contribution in [0.1, 0.15) is 15.9 Å². The molecule has 1 aromatic rings. The number of carbonyl (C=O) groups excluding carboxylic acids is 2. The summed E-state index contributed by atoms with van der Waals surface area (Å²) in [7, 11) is 2.66. The van der Waals surface area contributed by atoms with Gasteiger partial charge in [-0.2, -0.15) is 0 Å². The molecule has 0 saturated carbocycles. The van der Waals surface area contributed by atoms with Crippen molar-refractivity contribution in [2.75, 3.05) is 14.2 Å². The average molecular weight is 218 g/mol. The second kappa shape index (κ2) is 3.81. The van der Waals surface area contributed by atoms with Crippen LogP contribution in [0.5, 0.6) is 0 Å². The molecule has 0 saturated heterocycles. The fourth-order valence-electron chi connectivity index (χ4n) is 1.75. The maximum Gasteiger partial charge on any atom is 0.345 e. The van der Waals surface area contributed by atoms with Gasteiger partial charge in [0, 0.05) is 11.1 Å². The first-order chi connectivity index (χ1) is 7.70. The summed E-state index contributed by atoms with van der Waals surface area (Å²) in [6.07, 6.45) is 0. The maximum atomic E-state index is 11.9. The first kappa shape index (κ1) is 10.4. The van der Waals surface area contributed by atoms with Gasteiger partial charge in [0.05, 0.1) is 14.2 Å². The zero-order valence-corrected chi connectivity index (χ0v) is 8.94. The lowest BCUT2D eigenvalue weighted by Gasteiger charge is -2.03. The van der Waals surface area contributed by atoms with Gasteiger partial charge in [0.2, 0.25) is 5.78 Å². The molecule has 0 N–H and O–H groups in total. The summed E-state index contributed by atoms with van der Waals surface area (Å²) in [4.78, 5) is 23.4. The van der Waals surface area contributed by atoms with Gasteiger partial charge in [-0.25, -0.2) is 4.79 Å². The maximum absolute atomic E-state index is 11.9. The lowest BCUT2D eigenvalue weighted by molar-refractivity contribution is -0.135. The highest BCUT2D eigenvalue weighted by molar-refractivity contribution is 6.32. The van der Waals surface area contributed by atoms with Crippen LogP contribution in [0.3, 0.4) is 0 Å². The molecule has 0 aromatic heterocycles. The smallest absolute Gasteiger partial charge is 0.345 e. The van der Waals surface area contributed by atoms with Crippen molar-refractivity contribution >= 4 is 17.5 Å². The number of ketones is 1. The van der Waals surface area contributed by atoms with E-state index in [4.69, 9.17) is 4.74 Å². The Morgan fingerprint density at radius 3 is 2.31 bits per heavy atom. The molecule has 0 atom stereocenters. The highest BCUT2D eigenvalue weighted by atomic mass is 16.5. The summed E-state index contributed by atoms with van der Waals surface area (Å²) in [5.41, 5.74) is 1.07. The number of hydrogen-bond acceptors (Lipinski definition) is 4. The van der Waals surface area contributed by atoms with E-state index in [1.807, 2.05) is 0 Å². The molecule has 4 nitrogen and oxygen atoms in total. The minimum atomic E-state index is -0.668. The third-order valence-corrected chi connectivity index (χ3v) is 2.46. The van der Waals surface area contributed by atoms with E-state index in [-0.39, 0.29) is 17.1 Å². The average Bonchev–Trinajstić information content (AvgIpc) is 2.62. The van der Waals surface area contributed by atoms with E-state index < -0.39 is 5.97 Å². The Labute approximate surface area is 92.5 Å². The SMILES string of the molecule is COC(=O)C1=C(OC)c2ccccc2C1=O. The number of fused-ring (bicyclic) bond motifs is 1. The molecule has 82 valence electrons. The van der Waals surface area contributed by atoms with Gasteiger partial charge >= 0.3 is 5.97 Å².